The first kappa shape index (κ1) is 8.27. The van der Waals surface area contributed by atoms with E-state index in [1.807, 2.05) is 18.2 Å². The Bertz CT molecular complexity index is 233. The van der Waals surface area contributed by atoms with Crippen molar-refractivity contribution < 1.29 is 9.53 Å². The van der Waals surface area contributed by atoms with Crippen molar-refractivity contribution in [1.29, 1.82) is 0 Å². The van der Waals surface area contributed by atoms with E-state index in [0.717, 1.165) is 0 Å². The number of hydrogen-bond donors (Lipinski definition) is 0. The maximum atomic E-state index is 10.4. The van der Waals surface area contributed by atoms with E-state index in [4.69, 9.17) is 4.74 Å². The molecule has 1 aromatic rings. The SMILES string of the molecule is O=C(Br)COc1ccccc1. The summed E-state index contributed by atoms with van der Waals surface area (Å²) in [7, 11) is 0. The van der Waals surface area contributed by atoms with Gasteiger partial charge in [-0.15, -0.1) is 0 Å². The van der Waals surface area contributed by atoms with Crippen molar-refractivity contribution in [2.75, 3.05) is 6.61 Å². The molecule has 0 bridgehead atoms. The van der Waals surface area contributed by atoms with Crippen LogP contribution in [-0.2, 0) is 4.79 Å². The maximum Gasteiger partial charge on any atom is 0.235 e. The van der Waals surface area contributed by atoms with Crippen LogP contribution in [0.15, 0.2) is 30.3 Å². The molecule has 2 nitrogen and oxygen atoms in total. The Balaban J connectivity index is 2.45. The summed E-state index contributed by atoms with van der Waals surface area (Å²) in [6.45, 7) is 0.0734. The van der Waals surface area contributed by atoms with E-state index in [1.165, 1.54) is 0 Å². The van der Waals surface area contributed by atoms with E-state index in [1.54, 1.807) is 12.1 Å². The van der Waals surface area contributed by atoms with Gasteiger partial charge in [0.1, 0.15) is 5.75 Å². The zero-order valence-electron chi connectivity index (χ0n) is 5.79. The van der Waals surface area contributed by atoms with Crippen molar-refractivity contribution >= 4 is 20.6 Å². The van der Waals surface area contributed by atoms with Crippen molar-refractivity contribution in [2.45, 2.75) is 0 Å². The van der Waals surface area contributed by atoms with Crippen LogP contribution in [0.25, 0.3) is 0 Å². The molecule has 0 saturated heterocycles. The molecule has 0 atom stereocenters. The number of benzene rings is 1. The van der Waals surface area contributed by atoms with Gasteiger partial charge in [-0.1, -0.05) is 18.2 Å². The van der Waals surface area contributed by atoms with E-state index >= 15 is 0 Å². The molecule has 1 aromatic carbocycles. The van der Waals surface area contributed by atoms with Gasteiger partial charge in [0.15, 0.2) is 6.61 Å². The van der Waals surface area contributed by atoms with Crippen LogP contribution < -0.4 is 4.74 Å². The average Bonchev–Trinajstić information content (AvgIpc) is 2.03. The Labute approximate surface area is 73.3 Å². The van der Waals surface area contributed by atoms with E-state index in [0.29, 0.717) is 5.75 Å². The van der Waals surface area contributed by atoms with Crippen LogP contribution in [0.5, 0.6) is 5.75 Å². The van der Waals surface area contributed by atoms with Gasteiger partial charge in [-0.2, -0.15) is 0 Å². The summed E-state index contributed by atoms with van der Waals surface area (Å²) in [6.07, 6.45) is 0. The van der Waals surface area contributed by atoms with Gasteiger partial charge >= 0.3 is 0 Å². The van der Waals surface area contributed by atoms with Gasteiger partial charge < -0.3 is 4.74 Å². The molecule has 0 aromatic heterocycles. The Morgan fingerprint density at radius 1 is 1.36 bits per heavy atom. The van der Waals surface area contributed by atoms with E-state index in [2.05, 4.69) is 15.9 Å². The number of halogens is 1. The zero-order valence-corrected chi connectivity index (χ0v) is 7.37. The molecule has 0 radical (unpaired) electrons. The molecule has 0 aliphatic carbocycles. The molecule has 0 N–H and O–H groups in total. The van der Waals surface area contributed by atoms with Gasteiger partial charge in [0.2, 0.25) is 4.69 Å². The topological polar surface area (TPSA) is 26.3 Å². The predicted octanol–water partition coefficient (Wildman–Crippen LogP) is 1.99. The fourth-order valence-corrected chi connectivity index (χ4v) is 0.771. The van der Waals surface area contributed by atoms with Gasteiger partial charge in [0, 0.05) is 0 Å². The van der Waals surface area contributed by atoms with Crippen molar-refractivity contribution in [3.05, 3.63) is 30.3 Å². The third kappa shape index (κ3) is 3.18. The zero-order chi connectivity index (χ0) is 8.10. The minimum absolute atomic E-state index is 0.0734. The molecule has 1 rings (SSSR count). The second kappa shape index (κ2) is 4.13. The molecular weight excluding hydrogens is 208 g/mol. The van der Waals surface area contributed by atoms with Crippen LogP contribution >= 0.6 is 15.9 Å². The summed E-state index contributed by atoms with van der Waals surface area (Å²) in [5.41, 5.74) is 0. The summed E-state index contributed by atoms with van der Waals surface area (Å²) in [4.78, 5) is 10.4. The third-order valence-electron chi connectivity index (χ3n) is 1.10. The maximum absolute atomic E-state index is 10.4. The fraction of sp³-hybridized carbons (Fsp3) is 0.125. The fourth-order valence-electron chi connectivity index (χ4n) is 0.657. The van der Waals surface area contributed by atoms with Crippen LogP contribution in [0.2, 0.25) is 0 Å². The average molecular weight is 215 g/mol. The lowest BCUT2D eigenvalue weighted by molar-refractivity contribution is -0.112. The number of carbonyl (C=O) groups is 1. The highest BCUT2D eigenvalue weighted by molar-refractivity contribution is 9.18. The van der Waals surface area contributed by atoms with Gasteiger partial charge in [0.05, 0.1) is 0 Å². The van der Waals surface area contributed by atoms with E-state index in [-0.39, 0.29) is 11.3 Å². The van der Waals surface area contributed by atoms with E-state index in [9.17, 15) is 4.79 Å². The standard InChI is InChI=1S/C8H7BrO2/c9-8(10)6-11-7-4-2-1-3-5-7/h1-5H,6H2. The summed E-state index contributed by atoms with van der Waals surface area (Å²) in [6, 6.07) is 9.21. The highest BCUT2D eigenvalue weighted by Gasteiger charge is 1.95. The first-order chi connectivity index (χ1) is 5.29. The number of para-hydroxylation sites is 1. The number of carbonyl (C=O) groups excluding carboxylic acids is 1. The van der Waals surface area contributed by atoms with Gasteiger partial charge in [-0.3, -0.25) is 4.79 Å². The van der Waals surface area contributed by atoms with Gasteiger partial charge in [-0.25, -0.2) is 0 Å². The summed E-state index contributed by atoms with van der Waals surface area (Å²) in [5.74, 6) is 0.709. The van der Waals surface area contributed by atoms with Crippen molar-refractivity contribution in [1.82, 2.24) is 0 Å². The van der Waals surface area contributed by atoms with Gasteiger partial charge in [0.25, 0.3) is 0 Å². The van der Waals surface area contributed by atoms with Gasteiger partial charge in [-0.05, 0) is 28.1 Å². The molecule has 58 valence electrons. The molecule has 0 aliphatic heterocycles. The molecule has 0 fully saturated rings. The summed E-state index contributed by atoms with van der Waals surface area (Å²) in [5, 5.41) is 0. The van der Waals surface area contributed by atoms with Crippen LogP contribution in [0.4, 0.5) is 0 Å². The Morgan fingerprint density at radius 2 is 2.00 bits per heavy atom. The monoisotopic (exact) mass is 214 g/mol. The van der Waals surface area contributed by atoms with Crippen molar-refractivity contribution in [2.24, 2.45) is 0 Å². The first-order valence-corrected chi connectivity index (χ1v) is 3.94. The normalized spacial score (nSPS) is 9.18. The minimum atomic E-state index is -0.152. The molecule has 0 spiro atoms. The summed E-state index contributed by atoms with van der Waals surface area (Å²) < 4.78 is 4.92. The number of rotatable bonds is 3. The predicted molar refractivity (Wildman–Crippen MR) is 45.9 cm³/mol. The molecular formula is C8H7BrO2. The molecule has 0 amide bonds. The minimum Gasteiger partial charge on any atom is -0.485 e. The highest BCUT2D eigenvalue weighted by Crippen LogP contribution is 2.08. The van der Waals surface area contributed by atoms with Crippen molar-refractivity contribution in [3.63, 3.8) is 0 Å². The second-order valence-electron chi connectivity index (χ2n) is 1.96. The highest BCUT2D eigenvalue weighted by atomic mass is 79.9. The lowest BCUT2D eigenvalue weighted by Gasteiger charge is -2.00. The third-order valence-corrected chi connectivity index (χ3v) is 1.32. The van der Waals surface area contributed by atoms with E-state index < -0.39 is 0 Å². The largest absolute Gasteiger partial charge is 0.485 e. The first-order valence-electron chi connectivity index (χ1n) is 3.15. The molecule has 3 heteroatoms. The molecule has 11 heavy (non-hydrogen) atoms. The van der Waals surface area contributed by atoms with Crippen LogP contribution in [0.1, 0.15) is 0 Å². The lowest BCUT2D eigenvalue weighted by atomic mass is 10.3. The molecule has 0 heterocycles. The second-order valence-corrected chi connectivity index (χ2v) is 2.84. The van der Waals surface area contributed by atoms with Crippen LogP contribution in [0, 0.1) is 0 Å². The Kier molecular flexibility index (Phi) is 3.11. The Hall–Kier alpha value is -0.830. The quantitative estimate of drug-likeness (QED) is 0.720. The molecule has 0 saturated carbocycles. The summed E-state index contributed by atoms with van der Waals surface area (Å²) >= 11 is 2.77. The van der Waals surface area contributed by atoms with Crippen LogP contribution in [-0.4, -0.2) is 11.3 Å². The van der Waals surface area contributed by atoms with Crippen LogP contribution in [0.3, 0.4) is 0 Å². The van der Waals surface area contributed by atoms with Crippen molar-refractivity contribution in [3.8, 4) is 5.75 Å². The number of ether oxygens (including phenoxy) is 1. The Morgan fingerprint density at radius 3 is 2.55 bits per heavy atom. The lowest BCUT2D eigenvalue weighted by Crippen LogP contribution is -2.03. The smallest absolute Gasteiger partial charge is 0.235 e. The number of hydrogen-bond acceptors (Lipinski definition) is 2. The molecule has 0 unspecified atom stereocenters. The molecule has 0 aliphatic rings.